The number of hydrogen-bond donors (Lipinski definition) is 1. The Morgan fingerprint density at radius 3 is 2.32 bits per heavy atom. The molecule has 0 radical (unpaired) electrons. The monoisotopic (exact) mass is 508 g/mol. The summed E-state index contributed by atoms with van der Waals surface area (Å²) in [5.41, 5.74) is 3.26. The van der Waals surface area contributed by atoms with E-state index in [4.69, 9.17) is 0 Å². The molecule has 1 aromatic heterocycles. The lowest BCUT2D eigenvalue weighted by atomic mass is 9.91. The molecule has 9 heteroatoms. The fourth-order valence-electron chi connectivity index (χ4n) is 5.84. The third-order valence-corrected chi connectivity index (χ3v) is 8.07. The highest BCUT2D eigenvalue weighted by Gasteiger charge is 2.35. The van der Waals surface area contributed by atoms with Crippen molar-refractivity contribution >= 4 is 22.8 Å². The molecule has 0 spiro atoms. The molecule has 2 saturated carbocycles. The molecule has 3 aromatic rings. The summed E-state index contributed by atoms with van der Waals surface area (Å²) in [4.78, 5) is 34.6. The molecule has 194 valence electrons. The van der Waals surface area contributed by atoms with E-state index >= 15 is 0 Å². The van der Waals surface area contributed by atoms with E-state index < -0.39 is 11.6 Å². The summed E-state index contributed by atoms with van der Waals surface area (Å²) in [6.45, 7) is 0.841. The van der Waals surface area contributed by atoms with Crippen LogP contribution < -0.4 is 0 Å². The number of carbonyl (C=O) groups excluding carboxylic acids is 2. The zero-order chi connectivity index (χ0) is 25.8. The number of aliphatic hydroxyl groups is 1. The second-order valence-corrected chi connectivity index (χ2v) is 10.6. The predicted octanol–water partition coefficient (Wildman–Crippen LogP) is 3.98. The number of benzene rings is 2. The van der Waals surface area contributed by atoms with Crippen LogP contribution in [0.15, 0.2) is 30.3 Å². The van der Waals surface area contributed by atoms with Gasteiger partial charge in [-0.2, -0.15) is 0 Å². The third-order valence-electron chi connectivity index (χ3n) is 8.07. The van der Waals surface area contributed by atoms with Gasteiger partial charge in [0.15, 0.2) is 5.82 Å². The highest BCUT2D eigenvalue weighted by atomic mass is 19.1. The largest absolute Gasteiger partial charge is 0.393 e. The highest BCUT2D eigenvalue weighted by Crippen LogP contribution is 2.43. The molecule has 3 fully saturated rings. The lowest BCUT2D eigenvalue weighted by Gasteiger charge is -2.41. The van der Waals surface area contributed by atoms with Gasteiger partial charge >= 0.3 is 0 Å². The van der Waals surface area contributed by atoms with Crippen molar-refractivity contribution in [3.05, 3.63) is 53.4 Å². The first-order valence-corrected chi connectivity index (χ1v) is 13.0. The van der Waals surface area contributed by atoms with Crippen molar-refractivity contribution in [3.63, 3.8) is 0 Å². The number of carbonyl (C=O) groups is 2. The summed E-state index contributed by atoms with van der Waals surface area (Å²) in [7, 11) is 1.76. The Kier molecular flexibility index (Phi) is 5.98. The average molecular weight is 509 g/mol. The van der Waals surface area contributed by atoms with Gasteiger partial charge in [-0.3, -0.25) is 9.59 Å². The van der Waals surface area contributed by atoms with E-state index in [1.807, 2.05) is 17.0 Å². The maximum absolute atomic E-state index is 14.1. The molecular formula is C28H30F2N4O3. The molecule has 6 rings (SSSR count). The number of imidazole rings is 1. The van der Waals surface area contributed by atoms with Crippen LogP contribution in [-0.4, -0.2) is 68.1 Å². The predicted molar refractivity (Wildman–Crippen MR) is 134 cm³/mol. The van der Waals surface area contributed by atoms with Crippen LogP contribution in [-0.2, 0) is 11.8 Å². The van der Waals surface area contributed by atoms with E-state index in [1.54, 1.807) is 11.6 Å². The molecule has 0 bridgehead atoms. The Bertz CT molecular complexity index is 1370. The van der Waals surface area contributed by atoms with Crippen molar-refractivity contribution in [1.82, 2.24) is 19.4 Å². The molecule has 37 heavy (non-hydrogen) atoms. The van der Waals surface area contributed by atoms with Crippen molar-refractivity contribution < 1.29 is 23.5 Å². The summed E-state index contributed by atoms with van der Waals surface area (Å²) >= 11 is 0. The van der Waals surface area contributed by atoms with Crippen LogP contribution in [0.3, 0.4) is 0 Å². The highest BCUT2D eigenvalue weighted by molar-refractivity contribution is 6.01. The van der Waals surface area contributed by atoms with E-state index in [-0.39, 0.29) is 36.3 Å². The second-order valence-electron chi connectivity index (χ2n) is 10.6. The minimum absolute atomic E-state index is 0.0175. The Hall–Kier alpha value is -3.33. The van der Waals surface area contributed by atoms with Crippen LogP contribution in [0.1, 0.15) is 60.6 Å². The molecule has 1 aliphatic heterocycles. The second kappa shape index (κ2) is 9.20. The first kappa shape index (κ1) is 24.0. The van der Waals surface area contributed by atoms with Crippen LogP contribution in [0.5, 0.6) is 0 Å². The molecule has 0 unspecified atom stereocenters. The van der Waals surface area contributed by atoms with Crippen LogP contribution in [0.25, 0.3) is 22.2 Å². The van der Waals surface area contributed by atoms with Gasteiger partial charge in [0.2, 0.25) is 5.91 Å². The van der Waals surface area contributed by atoms with E-state index in [9.17, 15) is 23.5 Å². The number of rotatable bonds is 4. The summed E-state index contributed by atoms with van der Waals surface area (Å²) < 4.78 is 29.9. The first-order chi connectivity index (χ1) is 17.8. The van der Waals surface area contributed by atoms with Crippen molar-refractivity contribution in [2.24, 2.45) is 7.05 Å². The zero-order valence-electron chi connectivity index (χ0n) is 20.8. The molecule has 7 nitrogen and oxygen atoms in total. The maximum Gasteiger partial charge on any atom is 0.290 e. The number of amides is 2. The minimum atomic E-state index is -0.670. The fraction of sp³-hybridized carbons (Fsp3) is 0.464. The number of aryl methyl sites for hydroxylation is 1. The topological polar surface area (TPSA) is 78.7 Å². The number of halogens is 2. The quantitative estimate of drug-likeness (QED) is 0.578. The Labute approximate surface area is 213 Å². The fourth-order valence-corrected chi connectivity index (χ4v) is 5.84. The van der Waals surface area contributed by atoms with Crippen molar-refractivity contribution in [2.45, 2.75) is 56.6 Å². The SMILES string of the molecule is Cn1c(C(=O)N2CCN(C3CCC(O)CC3)C(=O)C2)nc2c(-c3cc(F)cc(F)c3)cc(C3CC3)cc21. The van der Waals surface area contributed by atoms with Gasteiger partial charge in [-0.05, 0) is 79.8 Å². The zero-order valence-corrected chi connectivity index (χ0v) is 20.8. The lowest BCUT2D eigenvalue weighted by Crippen LogP contribution is -2.56. The van der Waals surface area contributed by atoms with Crippen LogP contribution >= 0.6 is 0 Å². The molecule has 2 amide bonds. The molecule has 0 atom stereocenters. The average Bonchev–Trinajstić information content (AvgIpc) is 3.67. The number of piperazine rings is 1. The van der Waals surface area contributed by atoms with Gasteiger partial charge in [0.05, 0.1) is 17.1 Å². The van der Waals surface area contributed by atoms with Crippen LogP contribution in [0, 0.1) is 11.6 Å². The van der Waals surface area contributed by atoms with Gasteiger partial charge in [-0.25, -0.2) is 13.8 Å². The minimum Gasteiger partial charge on any atom is -0.393 e. The van der Waals surface area contributed by atoms with E-state index in [0.29, 0.717) is 48.5 Å². The molecule has 1 saturated heterocycles. The number of nitrogens with zero attached hydrogens (tertiary/aromatic N) is 4. The number of fused-ring (bicyclic) bond motifs is 1. The number of hydrogen-bond acceptors (Lipinski definition) is 4. The summed E-state index contributed by atoms with van der Waals surface area (Å²) in [5.74, 6) is -1.18. The molecule has 3 aliphatic rings. The number of aliphatic hydroxyl groups excluding tert-OH is 1. The van der Waals surface area contributed by atoms with Gasteiger partial charge in [0.1, 0.15) is 18.2 Å². The normalized spacial score (nSPS) is 22.6. The van der Waals surface area contributed by atoms with Gasteiger partial charge in [0, 0.05) is 37.8 Å². The molecule has 2 aromatic carbocycles. The Balaban J connectivity index is 1.31. The van der Waals surface area contributed by atoms with Gasteiger partial charge in [-0.1, -0.05) is 0 Å². The van der Waals surface area contributed by atoms with E-state index in [0.717, 1.165) is 42.8 Å². The van der Waals surface area contributed by atoms with Gasteiger partial charge < -0.3 is 19.5 Å². The van der Waals surface area contributed by atoms with Crippen molar-refractivity contribution in [1.29, 1.82) is 0 Å². The standard InChI is InChI=1S/C28H30F2N4O3/c1-32-24-13-17(16-2-3-16)12-23(18-10-19(29)14-20(30)11-18)26(24)31-27(32)28(37)33-8-9-34(25(36)15-33)21-4-6-22(35)7-5-21/h10-14,16,21-22,35H,2-9,15H2,1H3. The van der Waals surface area contributed by atoms with Gasteiger partial charge in [0.25, 0.3) is 5.91 Å². The molecule has 1 N–H and O–H groups in total. The maximum atomic E-state index is 14.1. The Morgan fingerprint density at radius 1 is 0.973 bits per heavy atom. The first-order valence-electron chi connectivity index (χ1n) is 13.0. The van der Waals surface area contributed by atoms with E-state index in [2.05, 4.69) is 4.98 Å². The van der Waals surface area contributed by atoms with E-state index in [1.165, 1.54) is 17.0 Å². The van der Waals surface area contributed by atoms with Crippen LogP contribution in [0.4, 0.5) is 8.78 Å². The van der Waals surface area contributed by atoms with Crippen molar-refractivity contribution in [3.8, 4) is 11.1 Å². The smallest absolute Gasteiger partial charge is 0.290 e. The summed E-state index contributed by atoms with van der Waals surface area (Å²) in [6.07, 6.45) is 4.75. The van der Waals surface area contributed by atoms with Gasteiger partial charge in [-0.15, -0.1) is 0 Å². The Morgan fingerprint density at radius 2 is 1.68 bits per heavy atom. The van der Waals surface area contributed by atoms with Crippen LogP contribution in [0.2, 0.25) is 0 Å². The summed E-state index contributed by atoms with van der Waals surface area (Å²) in [5, 5.41) is 9.79. The third kappa shape index (κ3) is 4.50. The molecule has 2 aliphatic carbocycles. The molecule has 2 heterocycles. The summed E-state index contributed by atoms with van der Waals surface area (Å²) in [6, 6.07) is 7.46. The number of aromatic nitrogens is 2. The lowest BCUT2D eigenvalue weighted by molar-refractivity contribution is -0.138. The van der Waals surface area contributed by atoms with Crippen molar-refractivity contribution in [2.75, 3.05) is 19.6 Å². The molecular weight excluding hydrogens is 478 g/mol.